The van der Waals surface area contributed by atoms with Crippen molar-refractivity contribution in [3.8, 4) is 5.75 Å². The molecule has 2 rings (SSSR count). The number of rotatable bonds is 4. The fraction of sp³-hybridized carbons (Fsp3) is 0.154. The van der Waals surface area contributed by atoms with Gasteiger partial charge >= 0.3 is 0 Å². The van der Waals surface area contributed by atoms with Crippen LogP contribution in [-0.2, 0) is 16.6 Å². The smallest absolute Gasteiger partial charge is 0.248 e. The number of hydrogen-bond acceptors (Lipinski definition) is 5. The van der Waals surface area contributed by atoms with Crippen LogP contribution in [-0.4, -0.2) is 29.9 Å². The average Bonchev–Trinajstić information content (AvgIpc) is 2.44. The third kappa shape index (κ3) is 3.10. The van der Waals surface area contributed by atoms with Crippen molar-refractivity contribution >= 4 is 27.3 Å². The van der Waals surface area contributed by atoms with Gasteiger partial charge in [-0.3, -0.25) is 4.98 Å². The molecule has 0 unspecified atom stereocenters. The van der Waals surface area contributed by atoms with Crippen molar-refractivity contribution in [3.63, 3.8) is 0 Å². The Balaban J connectivity index is 2.41. The van der Waals surface area contributed by atoms with Gasteiger partial charge in [0.05, 0.1) is 22.9 Å². The van der Waals surface area contributed by atoms with Gasteiger partial charge in [0, 0.05) is 13.2 Å². The topological polar surface area (TPSA) is 96.5 Å². The van der Waals surface area contributed by atoms with E-state index in [2.05, 4.69) is 4.98 Å². The largest absolute Gasteiger partial charge is 0.504 e. The Bertz CT molecular complexity index is 751. The number of phenols is 1. The number of nitrogens with zero attached hydrogens (tertiary/aromatic N) is 2. The molecule has 1 aromatic heterocycles. The number of aromatic hydroxyl groups is 1. The second-order valence-electron chi connectivity index (χ2n) is 4.40. The van der Waals surface area contributed by atoms with Gasteiger partial charge in [-0.1, -0.05) is 17.7 Å². The molecule has 0 fully saturated rings. The molecule has 0 atom stereocenters. The molecule has 0 aliphatic carbocycles. The molecule has 0 amide bonds. The minimum atomic E-state index is -3.99. The van der Waals surface area contributed by atoms with Gasteiger partial charge in [-0.25, -0.2) is 8.42 Å². The van der Waals surface area contributed by atoms with Crippen LogP contribution >= 0.6 is 11.6 Å². The van der Waals surface area contributed by atoms with E-state index >= 15 is 0 Å². The van der Waals surface area contributed by atoms with Crippen LogP contribution in [0.25, 0.3) is 0 Å². The molecule has 0 aliphatic heterocycles. The Labute approximate surface area is 127 Å². The standard InChI is InChI=1S/C13H14ClN3O3S/c1-17(8-9-4-2-3-7-16-9)21(19,20)13-10(14)5-6-11(15)12(13)18/h2-7,18H,8,15H2,1H3. The molecule has 1 aromatic carbocycles. The number of pyridine rings is 1. The molecule has 0 spiro atoms. The predicted molar refractivity (Wildman–Crippen MR) is 80.4 cm³/mol. The number of sulfonamides is 1. The maximum atomic E-state index is 12.5. The summed E-state index contributed by atoms with van der Waals surface area (Å²) in [7, 11) is -2.61. The maximum Gasteiger partial charge on any atom is 0.248 e. The predicted octanol–water partition coefficient (Wildman–Crippen LogP) is 1.84. The Morgan fingerprint density at radius 1 is 1.33 bits per heavy atom. The highest BCUT2D eigenvalue weighted by Gasteiger charge is 2.28. The summed E-state index contributed by atoms with van der Waals surface area (Å²) < 4.78 is 26.1. The second kappa shape index (κ2) is 5.88. The van der Waals surface area contributed by atoms with E-state index in [0.717, 1.165) is 4.31 Å². The van der Waals surface area contributed by atoms with E-state index in [4.69, 9.17) is 17.3 Å². The fourth-order valence-electron chi connectivity index (χ4n) is 1.77. The van der Waals surface area contributed by atoms with Crippen LogP contribution in [0.1, 0.15) is 5.69 Å². The monoisotopic (exact) mass is 327 g/mol. The normalized spacial score (nSPS) is 11.8. The number of nitrogens with two attached hydrogens (primary N) is 1. The average molecular weight is 328 g/mol. The molecule has 0 aliphatic rings. The van der Waals surface area contributed by atoms with E-state index in [1.165, 1.54) is 19.2 Å². The third-order valence-electron chi connectivity index (χ3n) is 2.89. The van der Waals surface area contributed by atoms with Crippen LogP contribution in [0, 0.1) is 0 Å². The van der Waals surface area contributed by atoms with E-state index in [0.29, 0.717) is 5.69 Å². The summed E-state index contributed by atoms with van der Waals surface area (Å²) in [4.78, 5) is 3.66. The van der Waals surface area contributed by atoms with Crippen LogP contribution in [0.3, 0.4) is 0 Å². The zero-order valence-corrected chi connectivity index (χ0v) is 12.8. The second-order valence-corrected chi connectivity index (χ2v) is 6.79. The van der Waals surface area contributed by atoms with Crippen LogP contribution < -0.4 is 5.73 Å². The maximum absolute atomic E-state index is 12.5. The van der Waals surface area contributed by atoms with Gasteiger partial charge in [0.1, 0.15) is 4.90 Å². The first-order valence-electron chi connectivity index (χ1n) is 5.97. The molecule has 112 valence electrons. The number of nitrogen functional groups attached to an aromatic ring is 1. The molecular formula is C13H14ClN3O3S. The molecule has 0 saturated carbocycles. The molecule has 0 bridgehead atoms. The highest BCUT2D eigenvalue weighted by molar-refractivity contribution is 7.89. The quantitative estimate of drug-likeness (QED) is 0.659. The summed E-state index contributed by atoms with van der Waals surface area (Å²) in [6.07, 6.45) is 1.57. The Morgan fingerprint density at radius 2 is 2.05 bits per heavy atom. The van der Waals surface area contributed by atoms with Gasteiger partial charge in [0.15, 0.2) is 5.75 Å². The van der Waals surface area contributed by atoms with Crippen molar-refractivity contribution in [1.82, 2.24) is 9.29 Å². The molecule has 21 heavy (non-hydrogen) atoms. The molecule has 6 nitrogen and oxygen atoms in total. The number of hydrogen-bond donors (Lipinski definition) is 2. The van der Waals surface area contributed by atoms with Crippen LogP contribution in [0.2, 0.25) is 5.02 Å². The van der Waals surface area contributed by atoms with E-state index in [9.17, 15) is 13.5 Å². The summed E-state index contributed by atoms with van der Waals surface area (Å²) >= 11 is 5.90. The van der Waals surface area contributed by atoms with Crippen molar-refractivity contribution in [2.75, 3.05) is 12.8 Å². The minimum absolute atomic E-state index is 0.0493. The van der Waals surface area contributed by atoms with E-state index in [1.54, 1.807) is 24.4 Å². The zero-order chi connectivity index (χ0) is 15.6. The third-order valence-corrected chi connectivity index (χ3v) is 5.20. The Hall–Kier alpha value is -1.83. The van der Waals surface area contributed by atoms with Gasteiger partial charge < -0.3 is 10.8 Å². The highest BCUT2D eigenvalue weighted by atomic mass is 35.5. The van der Waals surface area contributed by atoms with Gasteiger partial charge in [-0.15, -0.1) is 0 Å². The summed E-state index contributed by atoms with van der Waals surface area (Å²) in [6, 6.07) is 7.87. The van der Waals surface area contributed by atoms with Crippen molar-refractivity contribution in [2.24, 2.45) is 0 Å². The minimum Gasteiger partial charge on any atom is -0.504 e. The lowest BCUT2D eigenvalue weighted by molar-refractivity contribution is 0.439. The molecule has 3 N–H and O–H groups in total. The highest BCUT2D eigenvalue weighted by Crippen LogP contribution is 2.36. The number of phenolic OH excluding ortho intramolecular Hbond substituents is 1. The first kappa shape index (κ1) is 15.6. The summed E-state index contributed by atoms with van der Waals surface area (Å²) in [5.41, 5.74) is 6.06. The number of aromatic nitrogens is 1. The van der Waals surface area contributed by atoms with Crippen LogP contribution in [0.5, 0.6) is 5.75 Å². The molecule has 1 heterocycles. The SMILES string of the molecule is CN(Cc1ccccn1)S(=O)(=O)c1c(Cl)ccc(N)c1O. The Morgan fingerprint density at radius 3 is 2.67 bits per heavy atom. The first-order chi connectivity index (χ1) is 9.84. The number of anilines is 1. The zero-order valence-electron chi connectivity index (χ0n) is 11.2. The summed E-state index contributed by atoms with van der Waals surface area (Å²) in [5, 5.41) is 9.81. The van der Waals surface area contributed by atoms with E-state index < -0.39 is 20.7 Å². The lowest BCUT2D eigenvalue weighted by Crippen LogP contribution is -2.27. The van der Waals surface area contributed by atoms with Crippen molar-refractivity contribution in [1.29, 1.82) is 0 Å². The molecule has 0 radical (unpaired) electrons. The lowest BCUT2D eigenvalue weighted by Gasteiger charge is -2.19. The number of benzene rings is 1. The summed E-state index contributed by atoms with van der Waals surface area (Å²) in [5.74, 6) is -0.546. The molecule has 0 saturated heterocycles. The van der Waals surface area contributed by atoms with Gasteiger partial charge in [-0.2, -0.15) is 4.31 Å². The van der Waals surface area contributed by atoms with Gasteiger partial charge in [0.25, 0.3) is 0 Å². The van der Waals surface area contributed by atoms with Gasteiger partial charge in [-0.05, 0) is 24.3 Å². The van der Waals surface area contributed by atoms with Crippen molar-refractivity contribution < 1.29 is 13.5 Å². The van der Waals surface area contributed by atoms with Crippen LogP contribution in [0.15, 0.2) is 41.4 Å². The van der Waals surface area contributed by atoms with Crippen LogP contribution in [0.4, 0.5) is 5.69 Å². The fourth-order valence-corrected chi connectivity index (χ4v) is 3.50. The van der Waals surface area contributed by atoms with Crippen molar-refractivity contribution in [2.45, 2.75) is 11.4 Å². The lowest BCUT2D eigenvalue weighted by atomic mass is 10.3. The van der Waals surface area contributed by atoms with E-state index in [-0.39, 0.29) is 17.3 Å². The number of halogens is 1. The van der Waals surface area contributed by atoms with Gasteiger partial charge in [0.2, 0.25) is 10.0 Å². The van der Waals surface area contributed by atoms with Crippen molar-refractivity contribution in [3.05, 3.63) is 47.2 Å². The van der Waals surface area contributed by atoms with E-state index in [1.807, 2.05) is 0 Å². The summed E-state index contributed by atoms with van der Waals surface area (Å²) in [6.45, 7) is 0.0493. The first-order valence-corrected chi connectivity index (χ1v) is 7.79. The molecule has 8 heteroatoms. The molecular weight excluding hydrogens is 314 g/mol. The molecule has 2 aromatic rings. The Kier molecular flexibility index (Phi) is 4.36.